The van der Waals surface area contributed by atoms with Gasteiger partial charge in [0.15, 0.2) is 0 Å². The van der Waals surface area contributed by atoms with Crippen LogP contribution in [-0.2, 0) is 27.9 Å². The van der Waals surface area contributed by atoms with Gasteiger partial charge in [0, 0.05) is 12.8 Å². The molecule has 0 saturated heterocycles. The minimum atomic E-state index is -4.72. The number of esters is 1. The van der Waals surface area contributed by atoms with E-state index < -0.39 is 26.6 Å². The molecule has 1 N–H and O–H groups in total. The molecule has 3 atom stereocenters. The van der Waals surface area contributed by atoms with Crippen molar-refractivity contribution in [1.29, 1.82) is 0 Å². The largest absolute Gasteiger partial charge is 0.756 e. The van der Waals surface area contributed by atoms with Crippen molar-refractivity contribution in [2.24, 2.45) is 0 Å². The predicted octanol–water partition coefficient (Wildman–Crippen LogP) is 19.3. The van der Waals surface area contributed by atoms with E-state index in [1.165, 1.54) is 83.5 Å². The molecule has 10 heteroatoms. The molecule has 0 aliphatic heterocycles. The third kappa shape index (κ3) is 58.9. The summed E-state index contributed by atoms with van der Waals surface area (Å²) in [5.74, 6) is -0.606. The van der Waals surface area contributed by atoms with Gasteiger partial charge in [0.2, 0.25) is 5.91 Å². The molecular formula is C69H119N2O7P. The van der Waals surface area contributed by atoms with Crippen molar-refractivity contribution < 1.29 is 37.3 Å². The Kier molecular flexibility index (Phi) is 55.0. The number of nitrogens with one attached hydrogen (secondary N) is 1. The van der Waals surface area contributed by atoms with Gasteiger partial charge in [0.1, 0.15) is 19.3 Å². The van der Waals surface area contributed by atoms with Crippen LogP contribution in [0.5, 0.6) is 0 Å². The molecule has 0 aliphatic carbocycles. The van der Waals surface area contributed by atoms with Crippen molar-refractivity contribution in [1.82, 2.24) is 5.32 Å². The summed E-state index contributed by atoms with van der Waals surface area (Å²) in [6, 6.07) is -0.923. The van der Waals surface area contributed by atoms with E-state index in [1.54, 1.807) is 0 Å². The fourth-order valence-corrected chi connectivity index (χ4v) is 9.19. The Labute approximate surface area is 486 Å². The number of allylic oxidation sites excluding steroid dienone is 19. The lowest BCUT2D eigenvalue weighted by Gasteiger charge is -2.30. The molecule has 452 valence electrons. The third-order valence-electron chi connectivity index (χ3n) is 13.4. The summed E-state index contributed by atoms with van der Waals surface area (Å²) in [5, 5.41) is 3.01. The SMILES string of the molecule is CC/C=C\C/C=C\C/C=C\C/C=C\C/C=C\CCCCCC(=O)NC(COP(=O)([O-])OCC[N+](C)(C)C)C(/C=C/CCCCCCCCCCCCC)OC(=O)CCCCCCC/C=C\C/C=C\C/C=C\C/C=C\CCCCC. The third-order valence-corrected chi connectivity index (χ3v) is 14.3. The molecule has 9 nitrogen and oxygen atoms in total. The predicted molar refractivity (Wildman–Crippen MR) is 339 cm³/mol. The van der Waals surface area contributed by atoms with Gasteiger partial charge in [-0.1, -0.05) is 239 Å². The Morgan fingerprint density at radius 2 is 0.810 bits per heavy atom. The molecule has 0 aromatic heterocycles. The Hall–Kier alpha value is -3.59. The number of phosphoric ester groups is 1. The van der Waals surface area contributed by atoms with Crippen LogP contribution in [0.25, 0.3) is 0 Å². The highest BCUT2D eigenvalue weighted by atomic mass is 31.2. The second-order valence-electron chi connectivity index (χ2n) is 22.2. The van der Waals surface area contributed by atoms with Crippen LogP contribution in [0.4, 0.5) is 0 Å². The average Bonchev–Trinajstić information content (AvgIpc) is 3.41. The lowest BCUT2D eigenvalue weighted by Crippen LogP contribution is -2.47. The molecule has 0 bridgehead atoms. The van der Waals surface area contributed by atoms with Gasteiger partial charge < -0.3 is 28.5 Å². The second kappa shape index (κ2) is 57.6. The summed E-state index contributed by atoms with van der Waals surface area (Å²) in [6.07, 6.45) is 80.2. The first kappa shape index (κ1) is 75.4. The lowest BCUT2D eigenvalue weighted by molar-refractivity contribution is -0.870. The van der Waals surface area contributed by atoms with Crippen molar-refractivity contribution in [3.63, 3.8) is 0 Å². The molecule has 0 saturated carbocycles. The highest BCUT2D eigenvalue weighted by Gasteiger charge is 2.27. The summed E-state index contributed by atoms with van der Waals surface area (Å²) < 4.78 is 30.3. The fraction of sp³-hybridized carbons (Fsp3) is 0.681. The van der Waals surface area contributed by atoms with Crippen LogP contribution in [0.2, 0.25) is 0 Å². The minimum Gasteiger partial charge on any atom is -0.756 e. The highest BCUT2D eigenvalue weighted by molar-refractivity contribution is 7.45. The maximum Gasteiger partial charge on any atom is 0.306 e. The van der Waals surface area contributed by atoms with Crippen molar-refractivity contribution in [2.75, 3.05) is 40.9 Å². The number of unbranched alkanes of at least 4 members (excludes halogenated alkanes) is 22. The fourth-order valence-electron chi connectivity index (χ4n) is 8.47. The van der Waals surface area contributed by atoms with Crippen LogP contribution >= 0.6 is 7.82 Å². The molecule has 0 spiro atoms. The number of hydrogen-bond acceptors (Lipinski definition) is 7. The van der Waals surface area contributed by atoms with Gasteiger partial charge >= 0.3 is 5.97 Å². The first-order valence-corrected chi connectivity index (χ1v) is 33.3. The van der Waals surface area contributed by atoms with Gasteiger partial charge in [-0.25, -0.2) is 0 Å². The van der Waals surface area contributed by atoms with Crippen LogP contribution in [0.15, 0.2) is 122 Å². The molecule has 3 unspecified atom stereocenters. The molecule has 0 radical (unpaired) electrons. The van der Waals surface area contributed by atoms with E-state index in [0.29, 0.717) is 23.9 Å². The smallest absolute Gasteiger partial charge is 0.306 e. The Morgan fingerprint density at radius 1 is 0.456 bits per heavy atom. The molecule has 79 heavy (non-hydrogen) atoms. The van der Waals surface area contributed by atoms with E-state index in [2.05, 4.69) is 135 Å². The van der Waals surface area contributed by atoms with Crippen molar-refractivity contribution in [3.8, 4) is 0 Å². The molecule has 0 aromatic carbocycles. The number of carbonyl (C=O) groups is 2. The topological polar surface area (TPSA) is 114 Å². The van der Waals surface area contributed by atoms with Crippen molar-refractivity contribution >= 4 is 19.7 Å². The first-order valence-electron chi connectivity index (χ1n) is 31.8. The zero-order chi connectivity index (χ0) is 57.9. The number of carbonyl (C=O) groups excluding carboxylic acids is 2. The van der Waals surface area contributed by atoms with E-state index in [0.717, 1.165) is 122 Å². The van der Waals surface area contributed by atoms with Crippen LogP contribution in [0.3, 0.4) is 0 Å². The summed E-state index contributed by atoms with van der Waals surface area (Å²) in [7, 11) is 1.13. The molecule has 0 aliphatic rings. The molecule has 1 amide bonds. The summed E-state index contributed by atoms with van der Waals surface area (Å²) >= 11 is 0. The molecule has 0 aromatic rings. The summed E-state index contributed by atoms with van der Waals surface area (Å²) in [6.45, 7) is 6.65. The Bertz CT molecular complexity index is 1770. The number of rotatable bonds is 56. The van der Waals surface area contributed by atoms with Crippen LogP contribution in [0, 0.1) is 0 Å². The summed E-state index contributed by atoms with van der Waals surface area (Å²) in [4.78, 5) is 40.0. The number of ether oxygens (including phenoxy) is 1. The molecule has 0 fully saturated rings. The number of phosphoric acid groups is 1. The molecular weight excluding hydrogens is 1000 g/mol. The summed E-state index contributed by atoms with van der Waals surface area (Å²) in [5.41, 5.74) is 0. The van der Waals surface area contributed by atoms with E-state index in [9.17, 15) is 19.0 Å². The highest BCUT2D eigenvalue weighted by Crippen LogP contribution is 2.38. The first-order chi connectivity index (χ1) is 38.4. The van der Waals surface area contributed by atoms with Crippen LogP contribution < -0.4 is 10.2 Å². The van der Waals surface area contributed by atoms with Gasteiger partial charge in [-0.2, -0.15) is 0 Å². The van der Waals surface area contributed by atoms with E-state index >= 15 is 0 Å². The van der Waals surface area contributed by atoms with E-state index in [1.807, 2.05) is 33.3 Å². The van der Waals surface area contributed by atoms with Crippen molar-refractivity contribution in [2.45, 2.75) is 264 Å². The minimum absolute atomic E-state index is 0.0389. The van der Waals surface area contributed by atoms with Crippen molar-refractivity contribution in [3.05, 3.63) is 122 Å². The van der Waals surface area contributed by atoms with Crippen LogP contribution in [0.1, 0.15) is 252 Å². The standard InChI is InChI=1S/C69H119N2O7P/c1-7-10-13-16-19-22-25-28-30-32-34-35-37-39-41-44-47-50-53-56-59-62-69(73)78-67(60-57-54-51-48-45-42-27-24-21-18-15-12-9-3)66(65-77-79(74,75)76-64-63-71(4,5)6)70-68(72)61-58-55-52-49-46-43-40-38-36-33-31-29-26-23-20-17-14-11-8-2/h11,14,19-20,22-23,28-31,34-36,38-39,41,43,46,57,60,66-67H,7-10,12-13,15-18,21,24-27,32-33,37,40,42,44-45,47-56,58-59,61-65H2,1-6H3,(H-,70,72,74,75)/b14-11-,22-19-,23-20-,30-28-,31-29-,35-34-,38-36-,41-39-,46-43-,60-57+. The number of quaternary nitrogens is 1. The maximum atomic E-state index is 13.5. The van der Waals surface area contributed by atoms with E-state index in [4.69, 9.17) is 13.8 Å². The van der Waals surface area contributed by atoms with Crippen LogP contribution in [-0.4, -0.2) is 69.4 Å². The zero-order valence-electron chi connectivity index (χ0n) is 51.5. The number of likely N-dealkylation sites (N-methyl/N-ethyl adjacent to an activating group) is 1. The molecule has 0 rings (SSSR count). The normalized spacial score (nSPS) is 14.5. The number of amides is 1. The van der Waals surface area contributed by atoms with Gasteiger partial charge in [0.25, 0.3) is 7.82 Å². The second-order valence-corrected chi connectivity index (χ2v) is 23.6. The zero-order valence-corrected chi connectivity index (χ0v) is 52.4. The maximum absolute atomic E-state index is 13.5. The van der Waals surface area contributed by atoms with Gasteiger partial charge in [-0.05, 0) is 122 Å². The van der Waals surface area contributed by atoms with E-state index in [-0.39, 0.29) is 31.3 Å². The van der Waals surface area contributed by atoms with Gasteiger partial charge in [-0.3, -0.25) is 14.2 Å². The van der Waals surface area contributed by atoms with Gasteiger partial charge in [-0.15, -0.1) is 0 Å². The Morgan fingerprint density at radius 3 is 1.25 bits per heavy atom. The quantitative estimate of drug-likeness (QED) is 0.0212. The number of nitrogens with zero attached hydrogens (tertiary/aromatic N) is 1. The monoisotopic (exact) mass is 1120 g/mol. The average molecular weight is 1120 g/mol. The lowest BCUT2D eigenvalue weighted by atomic mass is 10.0. The van der Waals surface area contributed by atoms with Gasteiger partial charge in [0.05, 0.1) is 33.8 Å². The Balaban J connectivity index is 5.38. The number of hydrogen-bond donors (Lipinski definition) is 1. The molecule has 0 heterocycles.